The summed E-state index contributed by atoms with van der Waals surface area (Å²) in [6.07, 6.45) is 1.95. The first-order valence-corrected chi connectivity index (χ1v) is 16.6. The molecule has 1 unspecified atom stereocenters. The maximum absolute atomic E-state index is 13.9. The zero-order valence-corrected chi connectivity index (χ0v) is 28.3. The molecule has 242 valence electrons. The molecule has 6 nitrogen and oxygen atoms in total. The second-order valence-electron chi connectivity index (χ2n) is 11.7. The van der Waals surface area contributed by atoms with E-state index in [-0.39, 0.29) is 5.97 Å². The van der Waals surface area contributed by atoms with E-state index < -0.39 is 17.4 Å². The van der Waals surface area contributed by atoms with Crippen molar-refractivity contribution in [2.45, 2.75) is 37.6 Å². The van der Waals surface area contributed by atoms with Crippen LogP contribution in [0.1, 0.15) is 33.4 Å². The van der Waals surface area contributed by atoms with Gasteiger partial charge in [0.25, 0.3) is 0 Å². The van der Waals surface area contributed by atoms with Gasteiger partial charge in [-0.05, 0) is 56.7 Å². The summed E-state index contributed by atoms with van der Waals surface area (Å²) in [6.45, 7) is 5.49. The van der Waals surface area contributed by atoms with E-state index in [0.29, 0.717) is 53.2 Å². The van der Waals surface area contributed by atoms with Gasteiger partial charge in [-0.2, -0.15) is 0 Å². The number of para-hydroxylation sites is 1. The van der Waals surface area contributed by atoms with Crippen LogP contribution in [-0.4, -0.2) is 30.0 Å². The molecule has 48 heavy (non-hydrogen) atoms. The Balaban J connectivity index is 1.43. The first-order valence-electron chi connectivity index (χ1n) is 15.8. The summed E-state index contributed by atoms with van der Waals surface area (Å²) in [5.41, 5.74) is 3.89. The monoisotopic (exact) mass is 701 g/mol. The van der Waals surface area contributed by atoms with Gasteiger partial charge in [0.2, 0.25) is 0 Å². The van der Waals surface area contributed by atoms with Crippen LogP contribution in [0.15, 0.2) is 145 Å². The van der Waals surface area contributed by atoms with Crippen molar-refractivity contribution in [2.24, 2.45) is 0 Å². The van der Waals surface area contributed by atoms with Gasteiger partial charge in [-0.3, -0.25) is 9.69 Å². The summed E-state index contributed by atoms with van der Waals surface area (Å²) in [6, 6.07) is 40.7. The molecular formula is C41H36BrNO5. The van der Waals surface area contributed by atoms with Crippen LogP contribution in [-0.2, 0) is 45.9 Å². The summed E-state index contributed by atoms with van der Waals surface area (Å²) in [5.74, 6) is 0.152. The Kier molecular flexibility index (Phi) is 10.2. The molecule has 0 saturated carbocycles. The van der Waals surface area contributed by atoms with Crippen molar-refractivity contribution >= 4 is 27.9 Å². The lowest BCUT2D eigenvalue weighted by molar-refractivity contribution is -0.147. The van der Waals surface area contributed by atoms with Crippen molar-refractivity contribution in [3.63, 3.8) is 0 Å². The minimum atomic E-state index is -1.34. The van der Waals surface area contributed by atoms with Gasteiger partial charge >= 0.3 is 11.9 Å². The molecule has 0 fully saturated rings. The third kappa shape index (κ3) is 6.84. The molecule has 0 radical (unpaired) electrons. The number of rotatable bonds is 13. The van der Waals surface area contributed by atoms with E-state index in [1.165, 1.54) is 7.11 Å². The van der Waals surface area contributed by atoms with E-state index in [1.54, 1.807) is 6.08 Å². The largest absolute Gasteiger partial charge is 0.489 e. The van der Waals surface area contributed by atoms with E-state index >= 15 is 0 Å². The van der Waals surface area contributed by atoms with E-state index in [4.69, 9.17) is 14.2 Å². The van der Waals surface area contributed by atoms with Crippen LogP contribution in [0, 0.1) is 0 Å². The van der Waals surface area contributed by atoms with Gasteiger partial charge in [0.05, 0.1) is 11.6 Å². The molecule has 1 aliphatic rings. The second kappa shape index (κ2) is 14.8. The van der Waals surface area contributed by atoms with Gasteiger partial charge in [-0.25, -0.2) is 4.79 Å². The number of methoxy groups -OCH3 is 1. The Morgan fingerprint density at radius 1 is 0.812 bits per heavy atom. The zero-order chi connectivity index (χ0) is 33.5. The van der Waals surface area contributed by atoms with Crippen molar-refractivity contribution in [3.8, 4) is 11.5 Å². The molecule has 0 bridgehead atoms. The van der Waals surface area contributed by atoms with Crippen LogP contribution in [0.3, 0.4) is 0 Å². The lowest BCUT2D eigenvalue weighted by Gasteiger charge is -2.31. The van der Waals surface area contributed by atoms with Gasteiger partial charge in [0.15, 0.2) is 0 Å². The molecule has 7 heteroatoms. The van der Waals surface area contributed by atoms with Crippen LogP contribution in [0.25, 0.3) is 0 Å². The van der Waals surface area contributed by atoms with E-state index in [1.807, 2.05) is 103 Å². The van der Waals surface area contributed by atoms with Crippen molar-refractivity contribution in [1.29, 1.82) is 0 Å². The molecule has 0 spiro atoms. The first-order chi connectivity index (χ1) is 23.4. The number of fused-ring (bicyclic) bond motifs is 1. The third-order valence-corrected chi connectivity index (χ3v) is 9.35. The average Bonchev–Trinajstić information content (AvgIpc) is 3.43. The summed E-state index contributed by atoms with van der Waals surface area (Å²) in [4.78, 5) is 29.6. The number of carbonyl (C=O) groups is 2. The molecule has 5 aromatic rings. The summed E-state index contributed by atoms with van der Waals surface area (Å²) >= 11 is 3.55. The highest BCUT2D eigenvalue weighted by Crippen LogP contribution is 2.51. The standard InChI is InChI=1S/C41H36BrNO5/c1-3-41(33-20-13-21-35(42)38(33)48-40(41)45)34-24-32(22-23-37(34)47-28-31-18-11-6-12-19-31)25-36(39(44)46-2)43(26-29-14-7-4-8-15-29)27-30-16-9-5-10-17-30/h3-24,36H,1,25-28H2,2H3/t36-,41?/m0/s1. The molecule has 5 aromatic carbocycles. The van der Waals surface area contributed by atoms with Crippen molar-refractivity contribution < 1.29 is 23.8 Å². The van der Waals surface area contributed by atoms with E-state index in [9.17, 15) is 9.59 Å². The first kappa shape index (κ1) is 32.9. The summed E-state index contributed by atoms with van der Waals surface area (Å²) in [7, 11) is 1.42. The maximum Gasteiger partial charge on any atom is 0.330 e. The smallest absolute Gasteiger partial charge is 0.330 e. The van der Waals surface area contributed by atoms with Crippen molar-refractivity contribution in [1.82, 2.24) is 4.90 Å². The fourth-order valence-electron chi connectivity index (χ4n) is 6.27. The molecule has 0 N–H and O–H groups in total. The topological polar surface area (TPSA) is 65.1 Å². The number of benzene rings is 5. The highest BCUT2D eigenvalue weighted by atomic mass is 79.9. The molecule has 0 aromatic heterocycles. The number of esters is 2. The molecule has 0 amide bonds. The number of hydrogen-bond acceptors (Lipinski definition) is 6. The van der Waals surface area contributed by atoms with Crippen LogP contribution >= 0.6 is 15.9 Å². The summed E-state index contributed by atoms with van der Waals surface area (Å²) in [5, 5.41) is 0. The number of nitrogens with zero attached hydrogens (tertiary/aromatic N) is 1. The summed E-state index contributed by atoms with van der Waals surface area (Å²) < 4.78 is 18.4. The van der Waals surface area contributed by atoms with Crippen molar-refractivity contribution in [2.75, 3.05) is 7.11 Å². The number of halogens is 1. The predicted molar refractivity (Wildman–Crippen MR) is 190 cm³/mol. The fraction of sp³-hybridized carbons (Fsp3) is 0.171. The van der Waals surface area contributed by atoms with Gasteiger partial charge in [-0.15, -0.1) is 6.58 Å². The number of carbonyl (C=O) groups excluding carboxylic acids is 2. The Labute approximate surface area is 289 Å². The van der Waals surface area contributed by atoms with Crippen LogP contribution < -0.4 is 9.47 Å². The quantitative estimate of drug-likeness (QED) is 0.0701. The normalized spacial score (nSPS) is 15.8. The Hall–Kier alpha value is -4.98. The van der Waals surface area contributed by atoms with Crippen LogP contribution in [0.5, 0.6) is 11.5 Å². The molecule has 1 aliphatic heterocycles. The predicted octanol–water partition coefficient (Wildman–Crippen LogP) is 8.21. The minimum absolute atomic E-state index is 0.299. The van der Waals surface area contributed by atoms with Crippen LogP contribution in [0.4, 0.5) is 0 Å². The highest BCUT2D eigenvalue weighted by Gasteiger charge is 2.51. The minimum Gasteiger partial charge on any atom is -0.489 e. The molecule has 2 atom stereocenters. The maximum atomic E-state index is 13.9. The number of ether oxygens (including phenoxy) is 3. The molecule has 0 saturated heterocycles. The van der Waals surface area contributed by atoms with E-state index in [2.05, 4.69) is 51.7 Å². The van der Waals surface area contributed by atoms with Gasteiger partial charge in [0.1, 0.15) is 29.6 Å². The second-order valence-corrected chi connectivity index (χ2v) is 12.6. The molecule has 1 heterocycles. The van der Waals surface area contributed by atoms with Gasteiger partial charge < -0.3 is 14.2 Å². The Morgan fingerprint density at radius 2 is 1.42 bits per heavy atom. The Bertz CT molecular complexity index is 1860. The SMILES string of the molecule is C=CC1(c2cc(C[C@@H](C(=O)OC)N(Cc3ccccc3)Cc3ccccc3)ccc2OCc2ccccc2)C(=O)Oc2c(Br)cccc21. The lowest BCUT2D eigenvalue weighted by Crippen LogP contribution is -2.42. The lowest BCUT2D eigenvalue weighted by atomic mass is 9.74. The number of hydrogen-bond donors (Lipinski definition) is 0. The van der Waals surface area contributed by atoms with Crippen LogP contribution in [0.2, 0.25) is 0 Å². The molecule has 6 rings (SSSR count). The molecular weight excluding hydrogens is 666 g/mol. The third-order valence-electron chi connectivity index (χ3n) is 8.72. The van der Waals surface area contributed by atoms with E-state index in [0.717, 1.165) is 22.3 Å². The molecule has 0 aliphatic carbocycles. The highest BCUT2D eigenvalue weighted by molar-refractivity contribution is 9.10. The van der Waals surface area contributed by atoms with Crippen molar-refractivity contribution in [3.05, 3.63) is 178 Å². The average molecular weight is 703 g/mol. The fourth-order valence-corrected chi connectivity index (χ4v) is 6.72. The van der Waals surface area contributed by atoms with Gasteiger partial charge in [-0.1, -0.05) is 121 Å². The van der Waals surface area contributed by atoms with Gasteiger partial charge in [0, 0.05) is 24.2 Å². The zero-order valence-electron chi connectivity index (χ0n) is 26.7. The Morgan fingerprint density at radius 3 is 2.00 bits per heavy atom.